The van der Waals surface area contributed by atoms with Crippen molar-refractivity contribution in [1.82, 2.24) is 0 Å². The van der Waals surface area contributed by atoms with E-state index in [1.54, 1.807) is 0 Å². The van der Waals surface area contributed by atoms with Crippen LogP contribution in [0.25, 0.3) is 0 Å². The molecular formula is C15H22O9. The Balaban J connectivity index is 2.26. The maximum Gasteiger partial charge on any atom is 0.229 e. The molecule has 0 bridgehead atoms. The Bertz CT molecular complexity index is 523. The van der Waals surface area contributed by atoms with Crippen LogP contribution in [0.2, 0.25) is 0 Å². The average molecular weight is 346 g/mol. The van der Waals surface area contributed by atoms with Crippen LogP contribution in [0.15, 0.2) is 12.1 Å². The van der Waals surface area contributed by atoms with E-state index in [1.807, 2.05) is 0 Å². The van der Waals surface area contributed by atoms with Gasteiger partial charge in [-0.05, 0) is 0 Å². The van der Waals surface area contributed by atoms with Crippen molar-refractivity contribution in [2.75, 3.05) is 27.9 Å². The number of aliphatic hydroxyl groups excluding tert-OH is 4. The van der Waals surface area contributed by atoms with Crippen molar-refractivity contribution in [3.05, 3.63) is 12.1 Å². The number of hydrogen-bond donors (Lipinski definition) is 4. The lowest BCUT2D eigenvalue weighted by molar-refractivity contribution is -0.277. The van der Waals surface area contributed by atoms with E-state index in [2.05, 4.69) is 0 Å². The van der Waals surface area contributed by atoms with Crippen molar-refractivity contribution in [1.29, 1.82) is 0 Å². The SMILES string of the molecule is COc1cc(OC2OC(CO)C(O)[C@H](O)C2O)cc(OC)c1OC. The molecule has 9 heteroatoms. The summed E-state index contributed by atoms with van der Waals surface area (Å²) < 4.78 is 26.4. The molecule has 0 aromatic heterocycles. The summed E-state index contributed by atoms with van der Waals surface area (Å²) in [6, 6.07) is 2.98. The number of ether oxygens (including phenoxy) is 5. The quantitative estimate of drug-likeness (QED) is 0.507. The number of methoxy groups -OCH3 is 3. The maximum atomic E-state index is 10.0. The van der Waals surface area contributed by atoms with Gasteiger partial charge in [-0.15, -0.1) is 0 Å². The second kappa shape index (κ2) is 7.86. The van der Waals surface area contributed by atoms with Gasteiger partial charge in [0.1, 0.15) is 30.2 Å². The van der Waals surface area contributed by atoms with Crippen LogP contribution in [-0.2, 0) is 4.74 Å². The summed E-state index contributed by atoms with van der Waals surface area (Å²) in [7, 11) is 4.34. The second-order valence-electron chi connectivity index (χ2n) is 5.18. The standard InChI is InChI=1S/C15H22O9/c1-20-8-4-7(5-9(21-2)14(8)22-3)23-15-13(19)12(18)11(17)10(6-16)24-15/h4-5,10-13,15-19H,6H2,1-3H3/t10?,11?,12-,13?,15?/m0/s1. The first-order valence-corrected chi connectivity index (χ1v) is 7.24. The van der Waals surface area contributed by atoms with Crippen molar-refractivity contribution in [3.63, 3.8) is 0 Å². The molecule has 136 valence electrons. The van der Waals surface area contributed by atoms with E-state index in [0.29, 0.717) is 17.2 Å². The second-order valence-corrected chi connectivity index (χ2v) is 5.18. The Hall–Kier alpha value is -1.78. The first-order chi connectivity index (χ1) is 11.5. The Morgan fingerprint density at radius 3 is 1.96 bits per heavy atom. The van der Waals surface area contributed by atoms with Gasteiger partial charge in [0.15, 0.2) is 11.5 Å². The number of rotatable bonds is 6. The molecule has 0 radical (unpaired) electrons. The molecule has 1 saturated heterocycles. The predicted octanol–water partition coefficient (Wildman–Crippen LogP) is -1.11. The van der Waals surface area contributed by atoms with Crippen LogP contribution in [0, 0.1) is 0 Å². The molecule has 1 aromatic rings. The van der Waals surface area contributed by atoms with Crippen molar-refractivity contribution >= 4 is 0 Å². The van der Waals surface area contributed by atoms with E-state index in [9.17, 15) is 20.4 Å². The van der Waals surface area contributed by atoms with Gasteiger partial charge in [-0.3, -0.25) is 0 Å². The summed E-state index contributed by atoms with van der Waals surface area (Å²) in [6.07, 6.45) is -6.85. The molecule has 1 heterocycles. The largest absolute Gasteiger partial charge is 0.493 e. The zero-order chi connectivity index (χ0) is 17.9. The maximum absolute atomic E-state index is 10.0. The minimum atomic E-state index is -1.53. The van der Waals surface area contributed by atoms with Gasteiger partial charge >= 0.3 is 0 Å². The number of benzene rings is 1. The van der Waals surface area contributed by atoms with Crippen molar-refractivity contribution in [2.45, 2.75) is 30.7 Å². The van der Waals surface area contributed by atoms with Crippen molar-refractivity contribution in [3.8, 4) is 23.0 Å². The Labute approximate surface area is 138 Å². The van der Waals surface area contributed by atoms with Gasteiger partial charge < -0.3 is 44.1 Å². The molecule has 0 spiro atoms. The molecule has 9 nitrogen and oxygen atoms in total. The topological polar surface area (TPSA) is 127 Å². The lowest BCUT2D eigenvalue weighted by Gasteiger charge is -2.39. The third kappa shape index (κ3) is 3.50. The molecule has 1 aliphatic rings. The highest BCUT2D eigenvalue weighted by atomic mass is 16.7. The van der Waals surface area contributed by atoms with E-state index in [1.165, 1.54) is 33.5 Å². The summed E-state index contributed by atoms with van der Waals surface area (Å²) in [6.45, 7) is -0.542. The summed E-state index contributed by atoms with van der Waals surface area (Å²) in [5.74, 6) is 1.24. The average Bonchev–Trinajstić information content (AvgIpc) is 2.61. The van der Waals surface area contributed by atoms with Gasteiger partial charge in [0.05, 0.1) is 27.9 Å². The Morgan fingerprint density at radius 1 is 0.917 bits per heavy atom. The minimum Gasteiger partial charge on any atom is -0.493 e. The van der Waals surface area contributed by atoms with Gasteiger partial charge in [-0.1, -0.05) is 0 Å². The fraction of sp³-hybridized carbons (Fsp3) is 0.600. The smallest absolute Gasteiger partial charge is 0.229 e. The fourth-order valence-electron chi connectivity index (χ4n) is 2.42. The normalized spacial score (nSPS) is 29.9. The zero-order valence-electron chi connectivity index (χ0n) is 13.6. The molecule has 1 aromatic carbocycles. The molecule has 1 aliphatic heterocycles. The third-order valence-electron chi connectivity index (χ3n) is 3.74. The van der Waals surface area contributed by atoms with E-state index in [0.717, 1.165) is 0 Å². The Kier molecular flexibility index (Phi) is 6.08. The van der Waals surface area contributed by atoms with E-state index in [4.69, 9.17) is 23.7 Å². The zero-order valence-corrected chi connectivity index (χ0v) is 13.6. The van der Waals surface area contributed by atoms with Crippen molar-refractivity contribution < 1.29 is 44.1 Å². The van der Waals surface area contributed by atoms with Gasteiger partial charge in [0.2, 0.25) is 12.0 Å². The summed E-state index contributed by atoms with van der Waals surface area (Å²) in [5, 5.41) is 38.8. The van der Waals surface area contributed by atoms with E-state index >= 15 is 0 Å². The molecule has 0 aliphatic carbocycles. The third-order valence-corrected chi connectivity index (χ3v) is 3.74. The molecule has 4 N–H and O–H groups in total. The molecule has 4 unspecified atom stereocenters. The van der Waals surface area contributed by atoms with E-state index in [-0.39, 0.29) is 5.75 Å². The fourth-order valence-corrected chi connectivity index (χ4v) is 2.42. The molecule has 1 fully saturated rings. The van der Waals surface area contributed by atoms with Crippen LogP contribution >= 0.6 is 0 Å². The van der Waals surface area contributed by atoms with Crippen LogP contribution < -0.4 is 18.9 Å². The van der Waals surface area contributed by atoms with Gasteiger partial charge in [-0.2, -0.15) is 0 Å². The van der Waals surface area contributed by atoms with Crippen LogP contribution in [0.1, 0.15) is 0 Å². The summed E-state index contributed by atoms with van der Waals surface area (Å²) in [5.41, 5.74) is 0. The van der Waals surface area contributed by atoms with Crippen LogP contribution in [0.5, 0.6) is 23.0 Å². The highest BCUT2D eigenvalue weighted by Crippen LogP contribution is 2.41. The monoisotopic (exact) mass is 346 g/mol. The number of hydrogen-bond acceptors (Lipinski definition) is 9. The lowest BCUT2D eigenvalue weighted by atomic mass is 9.99. The van der Waals surface area contributed by atoms with Gasteiger partial charge in [0, 0.05) is 12.1 Å². The highest BCUT2D eigenvalue weighted by molar-refractivity contribution is 5.55. The summed E-state index contributed by atoms with van der Waals surface area (Å²) >= 11 is 0. The van der Waals surface area contributed by atoms with E-state index < -0.39 is 37.3 Å². The molecule has 0 amide bonds. The number of aliphatic hydroxyl groups is 4. The first-order valence-electron chi connectivity index (χ1n) is 7.24. The molecule has 24 heavy (non-hydrogen) atoms. The highest BCUT2D eigenvalue weighted by Gasteiger charge is 2.44. The molecular weight excluding hydrogens is 324 g/mol. The lowest BCUT2D eigenvalue weighted by Crippen LogP contribution is -2.60. The minimum absolute atomic E-state index is 0.217. The van der Waals surface area contributed by atoms with Crippen LogP contribution in [0.4, 0.5) is 0 Å². The molecule has 2 rings (SSSR count). The van der Waals surface area contributed by atoms with Crippen LogP contribution in [0.3, 0.4) is 0 Å². The van der Waals surface area contributed by atoms with Crippen molar-refractivity contribution in [2.24, 2.45) is 0 Å². The molecule has 5 atom stereocenters. The predicted molar refractivity (Wildman–Crippen MR) is 80.5 cm³/mol. The van der Waals surface area contributed by atoms with Crippen LogP contribution in [-0.4, -0.2) is 79.1 Å². The summed E-state index contributed by atoms with van der Waals surface area (Å²) in [4.78, 5) is 0. The molecule has 0 saturated carbocycles. The van der Waals surface area contributed by atoms with Gasteiger partial charge in [-0.25, -0.2) is 0 Å². The Morgan fingerprint density at radius 2 is 1.50 bits per heavy atom. The van der Waals surface area contributed by atoms with Gasteiger partial charge in [0.25, 0.3) is 0 Å². The first kappa shape index (κ1) is 18.6.